The van der Waals surface area contributed by atoms with E-state index in [1.165, 1.54) is 0 Å². The summed E-state index contributed by atoms with van der Waals surface area (Å²) < 4.78 is 5.48. The smallest absolute Gasteiger partial charge is 0.326 e. The van der Waals surface area contributed by atoms with Gasteiger partial charge in [-0.25, -0.2) is 4.79 Å². The average molecular weight is 279 g/mol. The summed E-state index contributed by atoms with van der Waals surface area (Å²) in [6, 6.07) is 6.46. The van der Waals surface area contributed by atoms with Crippen LogP contribution in [0.1, 0.15) is 32.3 Å². The summed E-state index contributed by atoms with van der Waals surface area (Å²) in [5.74, 6) is -0.866. The normalized spacial score (nSPS) is 13.3. The van der Waals surface area contributed by atoms with E-state index < -0.39 is 24.0 Å². The van der Waals surface area contributed by atoms with Crippen molar-refractivity contribution in [3.8, 4) is 5.75 Å². The van der Waals surface area contributed by atoms with Gasteiger partial charge in [-0.05, 0) is 32.4 Å². The number of hydrogen-bond acceptors (Lipinski definition) is 3. The summed E-state index contributed by atoms with van der Waals surface area (Å²) in [5, 5.41) is 11.5. The highest BCUT2D eigenvalue weighted by molar-refractivity contribution is 5.86. The molecule has 20 heavy (non-hydrogen) atoms. The van der Waals surface area contributed by atoms with Crippen LogP contribution in [0.3, 0.4) is 0 Å². The topological polar surface area (TPSA) is 75.6 Å². The Morgan fingerprint density at radius 1 is 1.30 bits per heavy atom. The van der Waals surface area contributed by atoms with Gasteiger partial charge in [-0.2, -0.15) is 0 Å². The molecule has 0 saturated carbocycles. The molecule has 0 radical (unpaired) electrons. The molecule has 0 saturated heterocycles. The second-order valence-electron chi connectivity index (χ2n) is 4.76. The van der Waals surface area contributed by atoms with Gasteiger partial charge in [-0.15, -0.1) is 0 Å². The zero-order valence-electron chi connectivity index (χ0n) is 12.1. The zero-order chi connectivity index (χ0) is 15.1. The van der Waals surface area contributed by atoms with Crippen LogP contribution in [0.25, 0.3) is 0 Å². The molecule has 0 aliphatic carbocycles. The third-order valence-electron chi connectivity index (χ3n) is 2.90. The second-order valence-corrected chi connectivity index (χ2v) is 4.76. The highest BCUT2D eigenvalue weighted by Crippen LogP contribution is 2.13. The minimum Gasteiger partial charge on any atom is -0.481 e. The number of benzene rings is 1. The van der Waals surface area contributed by atoms with Crippen molar-refractivity contribution in [2.45, 2.75) is 45.8 Å². The van der Waals surface area contributed by atoms with Crippen LogP contribution < -0.4 is 10.1 Å². The lowest BCUT2D eigenvalue weighted by atomic mass is 10.1. The highest BCUT2D eigenvalue weighted by atomic mass is 16.5. The van der Waals surface area contributed by atoms with Crippen molar-refractivity contribution < 1.29 is 19.4 Å². The third-order valence-corrected chi connectivity index (χ3v) is 2.90. The molecule has 2 atom stereocenters. The van der Waals surface area contributed by atoms with Gasteiger partial charge >= 0.3 is 5.97 Å². The van der Waals surface area contributed by atoms with Crippen LogP contribution in [0.4, 0.5) is 0 Å². The van der Waals surface area contributed by atoms with Crippen molar-refractivity contribution in [3.63, 3.8) is 0 Å². The molecule has 2 unspecified atom stereocenters. The van der Waals surface area contributed by atoms with Crippen molar-refractivity contribution >= 4 is 11.9 Å². The first-order valence-corrected chi connectivity index (χ1v) is 6.70. The maximum atomic E-state index is 11.9. The lowest BCUT2D eigenvalue weighted by Crippen LogP contribution is -2.46. The Labute approximate surface area is 118 Å². The molecule has 0 bridgehead atoms. The van der Waals surface area contributed by atoms with Crippen LogP contribution in [-0.4, -0.2) is 29.1 Å². The van der Waals surface area contributed by atoms with Gasteiger partial charge in [0.2, 0.25) is 0 Å². The van der Waals surface area contributed by atoms with Gasteiger partial charge in [0.05, 0.1) is 0 Å². The van der Waals surface area contributed by atoms with E-state index in [9.17, 15) is 9.59 Å². The Morgan fingerprint density at radius 2 is 1.90 bits per heavy atom. The van der Waals surface area contributed by atoms with E-state index in [0.717, 1.165) is 5.56 Å². The fraction of sp³-hybridized carbons (Fsp3) is 0.467. The largest absolute Gasteiger partial charge is 0.481 e. The number of carboxylic acids is 1. The SMILES string of the molecule is CCCC(NC(=O)C(C)Oc1ccc(C)cc1)C(=O)O. The summed E-state index contributed by atoms with van der Waals surface area (Å²) in [5.41, 5.74) is 1.10. The molecule has 0 heterocycles. The number of nitrogens with one attached hydrogen (secondary N) is 1. The molecule has 5 nitrogen and oxygen atoms in total. The van der Waals surface area contributed by atoms with E-state index in [0.29, 0.717) is 18.6 Å². The molecule has 1 aromatic carbocycles. The Balaban J connectivity index is 2.57. The molecule has 1 amide bonds. The van der Waals surface area contributed by atoms with Gasteiger partial charge in [0.15, 0.2) is 6.10 Å². The highest BCUT2D eigenvalue weighted by Gasteiger charge is 2.23. The maximum Gasteiger partial charge on any atom is 0.326 e. The molecule has 0 aromatic heterocycles. The zero-order valence-corrected chi connectivity index (χ0v) is 12.1. The third kappa shape index (κ3) is 4.91. The van der Waals surface area contributed by atoms with E-state index in [1.807, 2.05) is 26.0 Å². The molecule has 1 rings (SSSR count). The molecule has 0 fully saturated rings. The van der Waals surface area contributed by atoms with Crippen LogP contribution in [0.2, 0.25) is 0 Å². The van der Waals surface area contributed by atoms with Crippen molar-refractivity contribution in [2.24, 2.45) is 0 Å². The number of carbonyl (C=O) groups excluding carboxylic acids is 1. The number of ether oxygens (including phenoxy) is 1. The van der Waals surface area contributed by atoms with Crippen LogP contribution in [0.5, 0.6) is 5.75 Å². The number of carboxylic acid groups (broad SMARTS) is 1. The molecule has 110 valence electrons. The Morgan fingerprint density at radius 3 is 2.40 bits per heavy atom. The summed E-state index contributed by atoms with van der Waals surface area (Å²) in [6.07, 6.45) is 0.347. The number of aliphatic carboxylic acids is 1. The molecule has 5 heteroatoms. The fourth-order valence-electron chi connectivity index (χ4n) is 1.71. The van der Waals surface area contributed by atoms with Crippen LogP contribution in [0, 0.1) is 6.92 Å². The molecule has 0 aliphatic rings. The van der Waals surface area contributed by atoms with Crippen LogP contribution >= 0.6 is 0 Å². The average Bonchev–Trinajstić information content (AvgIpc) is 2.40. The van der Waals surface area contributed by atoms with E-state index in [-0.39, 0.29) is 0 Å². The molecule has 0 spiro atoms. The molecular weight excluding hydrogens is 258 g/mol. The Kier molecular flexibility index (Phi) is 6.03. The molecule has 1 aromatic rings. The van der Waals surface area contributed by atoms with E-state index in [2.05, 4.69) is 5.32 Å². The van der Waals surface area contributed by atoms with Crippen LogP contribution in [0.15, 0.2) is 24.3 Å². The minimum absolute atomic E-state index is 0.401. The monoisotopic (exact) mass is 279 g/mol. The first-order valence-electron chi connectivity index (χ1n) is 6.70. The lowest BCUT2D eigenvalue weighted by molar-refractivity contribution is -0.143. The van der Waals surface area contributed by atoms with Crippen molar-refractivity contribution in [3.05, 3.63) is 29.8 Å². The predicted molar refractivity (Wildman–Crippen MR) is 75.7 cm³/mol. The number of amides is 1. The van der Waals surface area contributed by atoms with Crippen molar-refractivity contribution in [2.75, 3.05) is 0 Å². The van der Waals surface area contributed by atoms with E-state index in [1.54, 1.807) is 19.1 Å². The minimum atomic E-state index is -1.03. The fourth-order valence-corrected chi connectivity index (χ4v) is 1.71. The van der Waals surface area contributed by atoms with Crippen molar-refractivity contribution in [1.82, 2.24) is 5.32 Å². The number of hydrogen-bond donors (Lipinski definition) is 2. The summed E-state index contributed by atoms with van der Waals surface area (Å²) in [6.45, 7) is 5.43. The van der Waals surface area contributed by atoms with Gasteiger partial charge in [0.25, 0.3) is 5.91 Å². The van der Waals surface area contributed by atoms with Gasteiger partial charge in [-0.3, -0.25) is 4.79 Å². The predicted octanol–water partition coefficient (Wildman–Crippen LogP) is 2.13. The second kappa shape index (κ2) is 7.53. The van der Waals surface area contributed by atoms with E-state index in [4.69, 9.17) is 9.84 Å². The van der Waals surface area contributed by atoms with Gasteiger partial charge in [0.1, 0.15) is 11.8 Å². The number of rotatable bonds is 7. The van der Waals surface area contributed by atoms with Crippen molar-refractivity contribution in [1.29, 1.82) is 0 Å². The van der Waals surface area contributed by atoms with Gasteiger partial charge in [-0.1, -0.05) is 31.0 Å². The quantitative estimate of drug-likeness (QED) is 0.801. The van der Waals surface area contributed by atoms with Crippen LogP contribution in [-0.2, 0) is 9.59 Å². The molecule has 0 aliphatic heterocycles. The summed E-state index contributed by atoms with van der Waals surface area (Å²) in [7, 11) is 0. The summed E-state index contributed by atoms with van der Waals surface area (Å²) in [4.78, 5) is 22.9. The number of carbonyl (C=O) groups is 2. The standard InChI is InChI=1S/C15H21NO4/c1-4-5-13(15(18)19)16-14(17)11(3)20-12-8-6-10(2)7-9-12/h6-9,11,13H,4-5H2,1-3H3,(H,16,17)(H,18,19). The van der Waals surface area contributed by atoms with E-state index >= 15 is 0 Å². The molecule has 2 N–H and O–H groups in total. The molecular formula is C15H21NO4. The Bertz CT molecular complexity index is 455. The van der Waals surface area contributed by atoms with Gasteiger partial charge in [0, 0.05) is 0 Å². The summed E-state index contributed by atoms with van der Waals surface area (Å²) >= 11 is 0. The maximum absolute atomic E-state index is 11.9. The first kappa shape index (κ1) is 16.0. The Hall–Kier alpha value is -2.04. The first-order chi connectivity index (χ1) is 9.43. The lowest BCUT2D eigenvalue weighted by Gasteiger charge is -2.18. The van der Waals surface area contributed by atoms with Gasteiger partial charge < -0.3 is 15.2 Å². The number of aryl methyl sites for hydroxylation is 1.